The molecule has 0 fully saturated rings. The molecule has 2 rings (SSSR count). The predicted molar refractivity (Wildman–Crippen MR) is 57.1 cm³/mol. The van der Waals surface area contributed by atoms with Gasteiger partial charge in [0.25, 0.3) is 0 Å². The minimum absolute atomic E-state index is 0.180. The third-order valence-corrected chi connectivity index (χ3v) is 1.90. The predicted octanol–water partition coefficient (Wildman–Crippen LogP) is 1.64. The van der Waals surface area contributed by atoms with Gasteiger partial charge >= 0.3 is 5.95 Å². The topological polar surface area (TPSA) is 80.2 Å². The first-order valence-electron chi connectivity index (χ1n) is 4.67. The van der Waals surface area contributed by atoms with Gasteiger partial charge < -0.3 is 19.5 Å². The van der Waals surface area contributed by atoms with Crippen molar-refractivity contribution >= 4 is 11.7 Å². The van der Waals surface area contributed by atoms with Crippen molar-refractivity contribution in [2.45, 2.75) is 6.92 Å². The second-order valence-electron chi connectivity index (χ2n) is 3.12. The third-order valence-electron chi connectivity index (χ3n) is 1.90. The average Bonchev–Trinajstić information content (AvgIpc) is 2.83. The number of aromatic nitrogens is 2. The van der Waals surface area contributed by atoms with Crippen LogP contribution in [0.3, 0.4) is 0 Å². The molecule has 0 bridgehead atoms. The molecule has 2 aromatic rings. The van der Waals surface area contributed by atoms with Crippen LogP contribution < -0.4 is 10.1 Å². The first kappa shape index (κ1) is 10.3. The molecule has 6 nitrogen and oxygen atoms in total. The van der Waals surface area contributed by atoms with Crippen LogP contribution >= 0.6 is 0 Å². The summed E-state index contributed by atoms with van der Waals surface area (Å²) in [4.78, 5) is 18.0. The fourth-order valence-corrected chi connectivity index (χ4v) is 1.27. The van der Waals surface area contributed by atoms with Gasteiger partial charge in [-0.3, -0.25) is 4.79 Å². The molecule has 0 saturated heterocycles. The Morgan fingerprint density at radius 2 is 2.44 bits per heavy atom. The number of rotatable bonds is 3. The van der Waals surface area contributed by atoms with Crippen LogP contribution in [-0.4, -0.2) is 23.0 Å². The Balaban J connectivity index is 2.36. The lowest BCUT2D eigenvalue weighted by atomic mass is 10.4. The Morgan fingerprint density at radius 1 is 1.62 bits per heavy atom. The summed E-state index contributed by atoms with van der Waals surface area (Å²) in [6.07, 6.45) is 1.75. The third kappa shape index (κ3) is 1.90. The maximum atomic E-state index is 10.9. The van der Waals surface area contributed by atoms with Gasteiger partial charge in [-0.25, -0.2) is 0 Å². The molecule has 0 atom stereocenters. The molecule has 16 heavy (non-hydrogen) atoms. The van der Waals surface area contributed by atoms with Crippen molar-refractivity contribution in [3.05, 3.63) is 18.3 Å². The van der Waals surface area contributed by atoms with E-state index in [2.05, 4.69) is 15.3 Å². The molecule has 0 spiro atoms. The minimum Gasteiger partial charge on any atom is -0.466 e. The van der Waals surface area contributed by atoms with E-state index in [1.54, 1.807) is 6.20 Å². The number of hydrogen-bond donors (Lipinski definition) is 2. The van der Waals surface area contributed by atoms with E-state index in [0.717, 1.165) is 5.69 Å². The summed E-state index contributed by atoms with van der Waals surface area (Å²) < 4.78 is 10.3. The number of nitrogens with one attached hydrogen (secondary N) is 2. The molecule has 84 valence electrons. The highest BCUT2D eigenvalue weighted by molar-refractivity contribution is 5.88. The quantitative estimate of drug-likeness (QED) is 0.825. The fourth-order valence-electron chi connectivity index (χ4n) is 1.27. The molecule has 2 N–H and O–H groups in total. The largest absolute Gasteiger partial charge is 0.466 e. The second-order valence-corrected chi connectivity index (χ2v) is 3.12. The number of H-pyrrole nitrogens is 1. The number of carbonyl (C=O) groups is 1. The Labute approximate surface area is 91.6 Å². The van der Waals surface area contributed by atoms with Gasteiger partial charge in [-0.2, -0.15) is 4.98 Å². The molecule has 2 heterocycles. The van der Waals surface area contributed by atoms with Gasteiger partial charge in [0.2, 0.25) is 17.6 Å². The van der Waals surface area contributed by atoms with E-state index in [1.807, 2.05) is 12.1 Å². The molecular weight excluding hydrogens is 210 g/mol. The van der Waals surface area contributed by atoms with Crippen molar-refractivity contribution < 1.29 is 13.9 Å². The van der Waals surface area contributed by atoms with Crippen molar-refractivity contribution in [2.24, 2.45) is 0 Å². The molecule has 0 aliphatic heterocycles. The molecule has 1 amide bonds. The van der Waals surface area contributed by atoms with Crippen molar-refractivity contribution in [1.29, 1.82) is 0 Å². The summed E-state index contributed by atoms with van der Waals surface area (Å²) in [5, 5.41) is 2.52. The zero-order valence-corrected chi connectivity index (χ0v) is 8.90. The van der Waals surface area contributed by atoms with E-state index in [4.69, 9.17) is 9.15 Å². The maximum Gasteiger partial charge on any atom is 0.331 e. The lowest BCUT2D eigenvalue weighted by Gasteiger charge is -1.97. The van der Waals surface area contributed by atoms with Crippen LogP contribution in [-0.2, 0) is 4.79 Å². The van der Waals surface area contributed by atoms with Crippen LogP contribution in [0.4, 0.5) is 5.82 Å². The van der Waals surface area contributed by atoms with Gasteiger partial charge in [-0.15, -0.1) is 0 Å². The van der Waals surface area contributed by atoms with E-state index in [-0.39, 0.29) is 17.7 Å². The molecule has 0 aliphatic rings. The number of methoxy groups -OCH3 is 1. The minimum atomic E-state index is -0.232. The van der Waals surface area contributed by atoms with Crippen molar-refractivity contribution in [3.63, 3.8) is 0 Å². The van der Waals surface area contributed by atoms with Crippen molar-refractivity contribution in [1.82, 2.24) is 9.97 Å². The van der Waals surface area contributed by atoms with Crippen LogP contribution in [0.1, 0.15) is 6.92 Å². The number of carbonyl (C=O) groups excluding carboxylic acids is 1. The molecular formula is C10H11N3O3. The molecule has 6 heteroatoms. The first-order chi connectivity index (χ1) is 7.70. The van der Waals surface area contributed by atoms with E-state index in [1.165, 1.54) is 14.0 Å². The van der Waals surface area contributed by atoms with E-state index < -0.39 is 0 Å². The monoisotopic (exact) mass is 221 g/mol. The highest BCUT2D eigenvalue weighted by Gasteiger charge is 2.16. The summed E-state index contributed by atoms with van der Waals surface area (Å²) in [6.45, 7) is 1.39. The summed E-state index contributed by atoms with van der Waals surface area (Å²) in [6, 6.07) is 3.63. The Morgan fingerprint density at radius 3 is 3.00 bits per heavy atom. The zero-order valence-electron chi connectivity index (χ0n) is 8.90. The number of nitrogens with zero attached hydrogens (tertiary/aromatic N) is 1. The lowest BCUT2D eigenvalue weighted by Crippen LogP contribution is -2.06. The van der Waals surface area contributed by atoms with Crippen LogP contribution in [0.2, 0.25) is 0 Å². The van der Waals surface area contributed by atoms with Gasteiger partial charge in [-0.05, 0) is 12.1 Å². The van der Waals surface area contributed by atoms with Gasteiger partial charge in [-0.1, -0.05) is 0 Å². The molecule has 0 aliphatic carbocycles. The van der Waals surface area contributed by atoms with Crippen LogP contribution in [0.25, 0.3) is 11.6 Å². The Bertz CT molecular complexity index is 487. The molecule has 0 unspecified atom stereocenters. The molecule has 2 aromatic heterocycles. The highest BCUT2D eigenvalue weighted by Crippen LogP contribution is 2.29. The summed E-state index contributed by atoms with van der Waals surface area (Å²) in [5.41, 5.74) is 0.718. The Hall–Kier alpha value is -2.24. The number of hydrogen-bond acceptors (Lipinski definition) is 4. The number of amides is 1. The van der Waals surface area contributed by atoms with Gasteiger partial charge in [0, 0.05) is 13.1 Å². The summed E-state index contributed by atoms with van der Waals surface area (Å²) in [5.74, 6) is 0.592. The first-order valence-corrected chi connectivity index (χ1v) is 4.67. The lowest BCUT2D eigenvalue weighted by molar-refractivity contribution is -0.114. The Kier molecular flexibility index (Phi) is 2.63. The SMILES string of the molecule is COc1oc(-c2ccc[nH]2)nc1NC(C)=O. The second kappa shape index (κ2) is 4.09. The number of anilines is 1. The molecule has 0 radical (unpaired) electrons. The van der Waals surface area contributed by atoms with E-state index in [9.17, 15) is 4.79 Å². The maximum absolute atomic E-state index is 10.9. The van der Waals surface area contributed by atoms with Crippen molar-refractivity contribution in [3.8, 4) is 17.5 Å². The van der Waals surface area contributed by atoms with E-state index >= 15 is 0 Å². The highest BCUT2D eigenvalue weighted by atomic mass is 16.6. The van der Waals surface area contributed by atoms with Crippen LogP contribution in [0, 0.1) is 0 Å². The normalized spacial score (nSPS) is 10.1. The average molecular weight is 221 g/mol. The van der Waals surface area contributed by atoms with E-state index in [0.29, 0.717) is 5.89 Å². The standard InChI is InChI=1S/C10H11N3O3/c1-6(14)12-8-10(15-2)16-9(13-8)7-4-3-5-11-7/h3-5,11H,1-2H3,(H,12,14). The number of ether oxygens (including phenoxy) is 1. The number of aromatic amines is 1. The van der Waals surface area contributed by atoms with Gasteiger partial charge in [0.15, 0.2) is 0 Å². The summed E-state index contributed by atoms with van der Waals surface area (Å²) in [7, 11) is 1.45. The summed E-state index contributed by atoms with van der Waals surface area (Å²) >= 11 is 0. The fraction of sp³-hybridized carbons (Fsp3) is 0.200. The van der Waals surface area contributed by atoms with Gasteiger partial charge in [0.1, 0.15) is 5.69 Å². The zero-order chi connectivity index (χ0) is 11.5. The van der Waals surface area contributed by atoms with Crippen molar-refractivity contribution in [2.75, 3.05) is 12.4 Å². The molecule has 0 aromatic carbocycles. The van der Waals surface area contributed by atoms with Gasteiger partial charge in [0.05, 0.1) is 7.11 Å². The number of oxazole rings is 1. The van der Waals surface area contributed by atoms with Crippen LogP contribution in [0.15, 0.2) is 22.7 Å². The van der Waals surface area contributed by atoms with Crippen LogP contribution in [0.5, 0.6) is 5.95 Å². The smallest absolute Gasteiger partial charge is 0.331 e. The molecule has 0 saturated carbocycles.